The van der Waals surface area contributed by atoms with Gasteiger partial charge in [0.2, 0.25) is 5.91 Å². The van der Waals surface area contributed by atoms with Crippen LogP contribution < -0.4 is 24.3 Å². The van der Waals surface area contributed by atoms with Gasteiger partial charge in [-0.05, 0) is 30.3 Å². The summed E-state index contributed by atoms with van der Waals surface area (Å²) in [6.07, 6.45) is 0.198. The number of nitrogens with one attached hydrogen (secondary N) is 1. The highest BCUT2D eigenvalue weighted by Crippen LogP contribution is 2.33. The van der Waals surface area contributed by atoms with Crippen LogP contribution in [-0.4, -0.2) is 38.8 Å². The van der Waals surface area contributed by atoms with Crippen LogP contribution in [0.5, 0.6) is 23.0 Å². The Morgan fingerprint density at radius 1 is 0.966 bits per heavy atom. The van der Waals surface area contributed by atoms with Crippen LogP contribution >= 0.6 is 11.3 Å². The van der Waals surface area contributed by atoms with Crippen LogP contribution in [0.4, 0.5) is 5.13 Å². The van der Waals surface area contributed by atoms with Gasteiger partial charge in [-0.15, -0.1) is 11.3 Å². The Kier molecular flexibility index (Phi) is 6.91. The molecule has 0 radical (unpaired) electrons. The normalized spacial score (nSPS) is 10.3. The molecule has 0 unspecified atom stereocenters. The molecule has 0 aliphatic rings. The van der Waals surface area contributed by atoms with E-state index in [1.54, 1.807) is 33.5 Å². The lowest BCUT2D eigenvalue weighted by Crippen LogP contribution is -2.15. The summed E-state index contributed by atoms with van der Waals surface area (Å²) in [5.74, 6) is 2.33. The lowest BCUT2D eigenvalue weighted by Gasteiger charge is -2.09. The third-order valence-electron chi connectivity index (χ3n) is 4.09. The Morgan fingerprint density at radius 3 is 2.38 bits per heavy atom. The Morgan fingerprint density at radius 2 is 1.66 bits per heavy atom. The molecular weight excluding hydrogens is 392 g/mol. The lowest BCUT2D eigenvalue weighted by molar-refractivity contribution is -0.116. The smallest absolute Gasteiger partial charge is 0.229 e. The van der Waals surface area contributed by atoms with Crippen molar-refractivity contribution in [3.63, 3.8) is 0 Å². The van der Waals surface area contributed by atoms with E-state index in [1.807, 2.05) is 35.7 Å². The predicted octanol–water partition coefficient (Wildman–Crippen LogP) is 4.24. The summed E-state index contributed by atoms with van der Waals surface area (Å²) >= 11 is 1.36. The van der Waals surface area contributed by atoms with Gasteiger partial charge in [0.25, 0.3) is 0 Å². The molecule has 0 atom stereocenters. The number of rotatable bonds is 9. The van der Waals surface area contributed by atoms with Crippen molar-refractivity contribution in [2.24, 2.45) is 0 Å². The molecule has 0 aliphatic heterocycles. The molecule has 1 amide bonds. The summed E-state index contributed by atoms with van der Waals surface area (Å²) in [7, 11) is 4.75. The van der Waals surface area contributed by atoms with Crippen molar-refractivity contribution in [2.45, 2.75) is 6.42 Å². The van der Waals surface area contributed by atoms with Gasteiger partial charge in [-0.3, -0.25) is 4.79 Å². The monoisotopic (exact) mass is 414 g/mol. The molecule has 29 heavy (non-hydrogen) atoms. The standard InChI is InChI=1S/C21H22N2O5S/c1-25-16-6-4-5-7-18(16)28-11-10-20(24)23-21-22-15(13-29-21)14-8-9-17(26-2)19(12-14)27-3/h4-9,12-13H,10-11H2,1-3H3,(H,22,23,24). The molecule has 0 saturated heterocycles. The molecular formula is C21H22N2O5S. The largest absolute Gasteiger partial charge is 0.493 e. The number of amides is 1. The highest BCUT2D eigenvalue weighted by molar-refractivity contribution is 7.14. The average Bonchev–Trinajstić information content (AvgIpc) is 3.21. The molecule has 1 aromatic heterocycles. The first-order chi connectivity index (χ1) is 14.1. The van der Waals surface area contributed by atoms with E-state index < -0.39 is 0 Å². The van der Waals surface area contributed by atoms with Crippen LogP contribution in [0.25, 0.3) is 11.3 Å². The third kappa shape index (κ3) is 5.17. The zero-order valence-electron chi connectivity index (χ0n) is 16.4. The summed E-state index contributed by atoms with van der Waals surface area (Å²) in [4.78, 5) is 16.7. The summed E-state index contributed by atoms with van der Waals surface area (Å²) in [5.41, 5.74) is 1.62. The van der Waals surface area contributed by atoms with Crippen molar-refractivity contribution in [2.75, 3.05) is 33.3 Å². The molecule has 3 aromatic rings. The van der Waals surface area contributed by atoms with E-state index in [2.05, 4.69) is 10.3 Å². The van der Waals surface area contributed by atoms with E-state index in [0.717, 1.165) is 11.3 Å². The second-order valence-electron chi connectivity index (χ2n) is 5.91. The lowest BCUT2D eigenvalue weighted by atomic mass is 10.1. The van der Waals surface area contributed by atoms with E-state index in [0.29, 0.717) is 28.1 Å². The molecule has 0 fully saturated rings. The van der Waals surface area contributed by atoms with Gasteiger partial charge in [0.05, 0.1) is 40.1 Å². The fraction of sp³-hybridized carbons (Fsp3) is 0.238. The molecule has 0 bridgehead atoms. The number of benzene rings is 2. The highest BCUT2D eigenvalue weighted by atomic mass is 32.1. The maximum Gasteiger partial charge on any atom is 0.229 e. The number of anilines is 1. The van der Waals surface area contributed by atoms with E-state index in [9.17, 15) is 4.79 Å². The van der Waals surface area contributed by atoms with Crippen LogP contribution in [0.2, 0.25) is 0 Å². The second kappa shape index (κ2) is 9.79. The highest BCUT2D eigenvalue weighted by Gasteiger charge is 2.11. The number of methoxy groups -OCH3 is 3. The van der Waals surface area contributed by atoms with Crippen LogP contribution in [0.1, 0.15) is 6.42 Å². The molecule has 0 spiro atoms. The number of para-hydroxylation sites is 2. The number of hydrogen-bond acceptors (Lipinski definition) is 7. The maximum absolute atomic E-state index is 12.2. The molecule has 3 rings (SSSR count). The van der Waals surface area contributed by atoms with Crippen LogP contribution in [-0.2, 0) is 4.79 Å². The Labute approximate surface area is 173 Å². The number of aromatic nitrogens is 1. The van der Waals surface area contributed by atoms with Crippen molar-refractivity contribution >= 4 is 22.4 Å². The van der Waals surface area contributed by atoms with Gasteiger partial charge in [0, 0.05) is 10.9 Å². The van der Waals surface area contributed by atoms with E-state index >= 15 is 0 Å². The van der Waals surface area contributed by atoms with Gasteiger partial charge >= 0.3 is 0 Å². The topological polar surface area (TPSA) is 78.9 Å². The van der Waals surface area contributed by atoms with Crippen LogP contribution in [0, 0.1) is 0 Å². The van der Waals surface area contributed by atoms with Gasteiger partial charge in [-0.25, -0.2) is 4.98 Å². The summed E-state index contributed by atoms with van der Waals surface area (Å²) in [6, 6.07) is 12.9. The minimum atomic E-state index is -0.173. The quantitative estimate of drug-likeness (QED) is 0.564. The van der Waals surface area contributed by atoms with E-state index in [-0.39, 0.29) is 18.9 Å². The molecule has 7 nitrogen and oxygen atoms in total. The van der Waals surface area contributed by atoms with Gasteiger partial charge in [0.15, 0.2) is 28.1 Å². The van der Waals surface area contributed by atoms with Gasteiger partial charge < -0.3 is 24.3 Å². The van der Waals surface area contributed by atoms with Crippen molar-refractivity contribution in [3.05, 3.63) is 47.8 Å². The van der Waals surface area contributed by atoms with Crippen molar-refractivity contribution in [3.8, 4) is 34.3 Å². The Hall–Kier alpha value is -3.26. The minimum absolute atomic E-state index is 0.173. The number of ether oxygens (including phenoxy) is 4. The first-order valence-electron chi connectivity index (χ1n) is 8.88. The molecule has 152 valence electrons. The first kappa shape index (κ1) is 20.5. The molecule has 2 aromatic carbocycles. The number of thiazole rings is 1. The predicted molar refractivity (Wildman–Crippen MR) is 112 cm³/mol. The number of carbonyl (C=O) groups excluding carboxylic acids is 1. The van der Waals surface area contributed by atoms with Crippen LogP contribution in [0.3, 0.4) is 0 Å². The molecule has 1 N–H and O–H groups in total. The van der Waals surface area contributed by atoms with Crippen molar-refractivity contribution in [1.29, 1.82) is 0 Å². The van der Waals surface area contributed by atoms with Crippen LogP contribution in [0.15, 0.2) is 47.8 Å². The maximum atomic E-state index is 12.2. The van der Waals surface area contributed by atoms with E-state index in [4.69, 9.17) is 18.9 Å². The fourth-order valence-corrected chi connectivity index (χ4v) is 3.37. The fourth-order valence-electron chi connectivity index (χ4n) is 2.63. The molecule has 0 aliphatic carbocycles. The number of hydrogen-bond donors (Lipinski definition) is 1. The first-order valence-corrected chi connectivity index (χ1v) is 9.76. The second-order valence-corrected chi connectivity index (χ2v) is 6.76. The molecule has 1 heterocycles. The van der Waals surface area contributed by atoms with Gasteiger partial charge in [-0.2, -0.15) is 0 Å². The van der Waals surface area contributed by atoms with Crippen molar-refractivity contribution < 1.29 is 23.7 Å². The summed E-state index contributed by atoms with van der Waals surface area (Å²) < 4.78 is 21.4. The Bertz CT molecular complexity index is 973. The minimum Gasteiger partial charge on any atom is -0.493 e. The van der Waals surface area contributed by atoms with Crippen molar-refractivity contribution in [1.82, 2.24) is 4.98 Å². The summed E-state index contributed by atoms with van der Waals surface area (Å²) in [5, 5.41) is 5.20. The average molecular weight is 414 g/mol. The van der Waals surface area contributed by atoms with Gasteiger partial charge in [0.1, 0.15) is 0 Å². The number of carbonyl (C=O) groups is 1. The Balaban J connectivity index is 1.56. The SMILES string of the molecule is COc1ccc(-c2csc(NC(=O)CCOc3ccccc3OC)n2)cc1OC. The summed E-state index contributed by atoms with van der Waals surface area (Å²) in [6.45, 7) is 0.236. The molecule has 0 saturated carbocycles. The number of nitrogens with zero attached hydrogens (tertiary/aromatic N) is 1. The third-order valence-corrected chi connectivity index (χ3v) is 4.84. The molecule has 8 heteroatoms. The zero-order valence-corrected chi connectivity index (χ0v) is 17.2. The van der Waals surface area contributed by atoms with E-state index in [1.165, 1.54) is 11.3 Å². The van der Waals surface area contributed by atoms with Gasteiger partial charge in [-0.1, -0.05) is 12.1 Å². The zero-order chi connectivity index (χ0) is 20.6.